The van der Waals surface area contributed by atoms with Crippen molar-refractivity contribution in [2.75, 3.05) is 5.73 Å². The predicted octanol–water partition coefficient (Wildman–Crippen LogP) is 2.50. The summed E-state index contributed by atoms with van der Waals surface area (Å²) in [6.07, 6.45) is 3.33. The van der Waals surface area contributed by atoms with Crippen molar-refractivity contribution >= 4 is 31.6 Å². The number of hydrogen-bond donors (Lipinski definition) is 2. The number of rotatable bonds is 5. The monoisotopic (exact) mass is 332 g/mol. The van der Waals surface area contributed by atoms with Crippen LogP contribution in [0.1, 0.15) is 26.2 Å². The van der Waals surface area contributed by atoms with Crippen molar-refractivity contribution < 1.29 is 8.42 Å². The van der Waals surface area contributed by atoms with Crippen LogP contribution in [0.4, 0.5) is 5.69 Å². The lowest BCUT2D eigenvalue weighted by molar-refractivity contribution is 0.529. The summed E-state index contributed by atoms with van der Waals surface area (Å²) in [5.41, 5.74) is 6.07. The largest absolute Gasteiger partial charge is 0.399 e. The third-order valence-electron chi connectivity index (χ3n) is 2.98. The molecule has 3 N–H and O–H groups in total. The molecule has 4 nitrogen and oxygen atoms in total. The van der Waals surface area contributed by atoms with Gasteiger partial charge in [0.2, 0.25) is 10.0 Å². The molecule has 6 heteroatoms. The number of sulfonamides is 1. The van der Waals surface area contributed by atoms with E-state index in [0.29, 0.717) is 16.1 Å². The molecule has 1 aliphatic rings. The van der Waals surface area contributed by atoms with E-state index in [1.807, 2.05) is 6.92 Å². The predicted molar refractivity (Wildman–Crippen MR) is 75.7 cm³/mol. The SMILES string of the molecule is CC(CC1CC1)NS(=O)(=O)c1cc(N)ccc1Br. The Kier molecular flexibility index (Phi) is 3.99. The van der Waals surface area contributed by atoms with Crippen LogP contribution in [0.15, 0.2) is 27.6 Å². The van der Waals surface area contributed by atoms with Crippen molar-refractivity contribution in [3.05, 3.63) is 22.7 Å². The van der Waals surface area contributed by atoms with Crippen molar-refractivity contribution in [2.24, 2.45) is 5.92 Å². The molecule has 0 radical (unpaired) electrons. The number of halogens is 1. The maximum atomic E-state index is 12.2. The molecule has 0 amide bonds. The molecule has 0 spiro atoms. The van der Waals surface area contributed by atoms with Gasteiger partial charge in [0.1, 0.15) is 0 Å². The Labute approximate surface area is 116 Å². The molecule has 0 aliphatic heterocycles. The van der Waals surface area contributed by atoms with Crippen LogP contribution in [-0.2, 0) is 10.0 Å². The van der Waals surface area contributed by atoms with Gasteiger partial charge in [-0.2, -0.15) is 0 Å². The van der Waals surface area contributed by atoms with Gasteiger partial charge in [0.05, 0.1) is 4.90 Å². The van der Waals surface area contributed by atoms with Crippen molar-refractivity contribution in [1.29, 1.82) is 0 Å². The first-order chi connectivity index (χ1) is 8.38. The number of anilines is 1. The van der Waals surface area contributed by atoms with E-state index < -0.39 is 10.0 Å². The topological polar surface area (TPSA) is 72.2 Å². The summed E-state index contributed by atoms with van der Waals surface area (Å²) in [5, 5.41) is 0. The second-order valence-corrected chi connectivity index (χ2v) is 7.43. The zero-order valence-corrected chi connectivity index (χ0v) is 12.6. The zero-order valence-electron chi connectivity index (χ0n) is 10.2. The second kappa shape index (κ2) is 5.19. The highest BCUT2D eigenvalue weighted by Crippen LogP contribution is 2.34. The van der Waals surface area contributed by atoms with E-state index in [4.69, 9.17) is 5.73 Å². The Morgan fingerprint density at radius 2 is 2.17 bits per heavy atom. The second-order valence-electron chi connectivity index (χ2n) is 4.89. The van der Waals surface area contributed by atoms with Crippen LogP contribution >= 0.6 is 15.9 Å². The molecule has 0 bridgehead atoms. The van der Waals surface area contributed by atoms with Gasteiger partial charge >= 0.3 is 0 Å². The lowest BCUT2D eigenvalue weighted by Gasteiger charge is -2.15. The van der Waals surface area contributed by atoms with Crippen LogP contribution in [0, 0.1) is 5.92 Å². The van der Waals surface area contributed by atoms with Gasteiger partial charge in [-0.3, -0.25) is 0 Å². The Morgan fingerprint density at radius 3 is 2.78 bits per heavy atom. The van der Waals surface area contributed by atoms with Crippen LogP contribution < -0.4 is 10.5 Å². The van der Waals surface area contributed by atoms with Crippen molar-refractivity contribution in [3.63, 3.8) is 0 Å². The van der Waals surface area contributed by atoms with Gasteiger partial charge < -0.3 is 5.73 Å². The van der Waals surface area contributed by atoms with Crippen LogP contribution in [0.2, 0.25) is 0 Å². The number of benzene rings is 1. The van der Waals surface area contributed by atoms with E-state index in [9.17, 15) is 8.42 Å². The molecular weight excluding hydrogens is 316 g/mol. The first kappa shape index (κ1) is 13.8. The zero-order chi connectivity index (χ0) is 13.3. The third kappa shape index (κ3) is 3.46. The summed E-state index contributed by atoms with van der Waals surface area (Å²) in [6, 6.07) is 4.73. The molecule has 100 valence electrons. The molecule has 2 rings (SSSR count). The number of nitrogen functional groups attached to an aromatic ring is 1. The van der Waals surface area contributed by atoms with E-state index in [1.54, 1.807) is 12.1 Å². The Hall–Kier alpha value is -0.590. The molecular formula is C12H17BrN2O2S. The Balaban J connectivity index is 2.16. The maximum Gasteiger partial charge on any atom is 0.242 e. The van der Waals surface area contributed by atoms with Gasteiger partial charge in [0, 0.05) is 16.2 Å². The lowest BCUT2D eigenvalue weighted by atomic mass is 10.2. The number of nitrogens with one attached hydrogen (secondary N) is 1. The average molecular weight is 333 g/mol. The van der Waals surface area contributed by atoms with Crippen LogP contribution in [-0.4, -0.2) is 14.5 Å². The first-order valence-electron chi connectivity index (χ1n) is 5.96. The van der Waals surface area contributed by atoms with E-state index >= 15 is 0 Å². The van der Waals surface area contributed by atoms with Crippen LogP contribution in [0.25, 0.3) is 0 Å². The fourth-order valence-electron chi connectivity index (χ4n) is 1.96. The molecule has 1 saturated carbocycles. The van der Waals surface area contributed by atoms with E-state index in [0.717, 1.165) is 6.42 Å². The highest BCUT2D eigenvalue weighted by Gasteiger charge is 2.27. The van der Waals surface area contributed by atoms with E-state index in [1.165, 1.54) is 18.9 Å². The molecule has 1 fully saturated rings. The Morgan fingerprint density at radius 1 is 1.50 bits per heavy atom. The molecule has 18 heavy (non-hydrogen) atoms. The smallest absolute Gasteiger partial charge is 0.242 e. The fourth-order valence-corrected chi connectivity index (χ4v) is 4.21. The molecule has 1 aromatic rings. The van der Waals surface area contributed by atoms with Crippen molar-refractivity contribution in [1.82, 2.24) is 4.72 Å². The molecule has 1 atom stereocenters. The van der Waals surface area contributed by atoms with Gasteiger partial charge in [-0.05, 0) is 53.4 Å². The minimum atomic E-state index is -3.51. The third-order valence-corrected chi connectivity index (χ3v) is 5.57. The summed E-state index contributed by atoms with van der Waals surface area (Å²) in [7, 11) is -3.51. The van der Waals surface area contributed by atoms with Gasteiger partial charge in [0.15, 0.2) is 0 Å². The quantitative estimate of drug-likeness (QED) is 0.813. The van der Waals surface area contributed by atoms with Crippen molar-refractivity contribution in [3.8, 4) is 0 Å². The van der Waals surface area contributed by atoms with E-state index in [-0.39, 0.29) is 10.9 Å². The standard InChI is InChI=1S/C12H17BrN2O2S/c1-8(6-9-2-3-9)15-18(16,17)12-7-10(14)4-5-11(12)13/h4-5,7-9,15H,2-3,6,14H2,1H3. The summed E-state index contributed by atoms with van der Waals surface area (Å²) in [6.45, 7) is 1.90. The first-order valence-corrected chi connectivity index (χ1v) is 8.23. The molecule has 0 heterocycles. The molecule has 1 aromatic carbocycles. The molecule has 0 aromatic heterocycles. The average Bonchev–Trinajstić information content (AvgIpc) is 3.04. The minimum absolute atomic E-state index is 0.0455. The van der Waals surface area contributed by atoms with Gasteiger partial charge in [0.25, 0.3) is 0 Å². The highest BCUT2D eigenvalue weighted by molar-refractivity contribution is 9.10. The number of nitrogens with two attached hydrogens (primary N) is 1. The van der Waals surface area contributed by atoms with Gasteiger partial charge in [-0.25, -0.2) is 13.1 Å². The minimum Gasteiger partial charge on any atom is -0.399 e. The number of hydrogen-bond acceptors (Lipinski definition) is 3. The lowest BCUT2D eigenvalue weighted by Crippen LogP contribution is -2.33. The summed E-state index contributed by atoms with van der Waals surface area (Å²) < 4.78 is 27.7. The molecule has 1 unspecified atom stereocenters. The maximum absolute atomic E-state index is 12.2. The van der Waals surface area contributed by atoms with Gasteiger partial charge in [-0.1, -0.05) is 12.8 Å². The van der Waals surface area contributed by atoms with E-state index in [2.05, 4.69) is 20.7 Å². The molecule has 0 saturated heterocycles. The van der Waals surface area contributed by atoms with Gasteiger partial charge in [-0.15, -0.1) is 0 Å². The highest BCUT2D eigenvalue weighted by atomic mass is 79.9. The summed E-state index contributed by atoms with van der Waals surface area (Å²) in [5.74, 6) is 0.687. The van der Waals surface area contributed by atoms with Crippen LogP contribution in [0.5, 0.6) is 0 Å². The summed E-state index contributed by atoms with van der Waals surface area (Å²) >= 11 is 3.24. The van der Waals surface area contributed by atoms with Crippen LogP contribution in [0.3, 0.4) is 0 Å². The Bertz CT molecular complexity index is 541. The fraction of sp³-hybridized carbons (Fsp3) is 0.500. The summed E-state index contributed by atoms with van der Waals surface area (Å²) in [4.78, 5) is 0.199. The normalized spacial score (nSPS) is 17.7. The molecule has 1 aliphatic carbocycles. The van der Waals surface area contributed by atoms with Crippen molar-refractivity contribution in [2.45, 2.75) is 37.1 Å².